The van der Waals surface area contributed by atoms with Crippen LogP contribution in [0, 0.1) is 34.5 Å². The SMILES string of the molecule is CNC1C=CC(F)=CC1C1CCC(N(C)c2c(C#N)c(=O)n(C)c3ccc(C#N)nc23)CC1. The van der Waals surface area contributed by atoms with Crippen molar-refractivity contribution in [2.75, 3.05) is 19.0 Å². The maximum Gasteiger partial charge on any atom is 0.270 e. The van der Waals surface area contributed by atoms with E-state index >= 15 is 0 Å². The van der Waals surface area contributed by atoms with E-state index in [1.54, 1.807) is 25.3 Å². The van der Waals surface area contributed by atoms with Gasteiger partial charge in [0, 0.05) is 32.1 Å². The van der Waals surface area contributed by atoms with Gasteiger partial charge in [0.05, 0.1) is 11.2 Å². The van der Waals surface area contributed by atoms with Crippen LogP contribution in [-0.4, -0.2) is 35.7 Å². The van der Waals surface area contributed by atoms with Gasteiger partial charge in [0.1, 0.15) is 34.7 Å². The molecule has 0 saturated heterocycles. The second-order valence-corrected chi connectivity index (χ2v) is 8.86. The van der Waals surface area contributed by atoms with Gasteiger partial charge >= 0.3 is 0 Å². The van der Waals surface area contributed by atoms with Crippen LogP contribution in [-0.2, 0) is 7.05 Å². The lowest BCUT2D eigenvalue weighted by Crippen LogP contribution is -2.42. The third-order valence-corrected chi connectivity index (χ3v) is 7.19. The molecule has 33 heavy (non-hydrogen) atoms. The summed E-state index contributed by atoms with van der Waals surface area (Å²) >= 11 is 0. The molecule has 2 aliphatic carbocycles. The molecule has 4 rings (SSSR count). The molecular formula is C25H27FN6O. The molecule has 2 aromatic heterocycles. The molecule has 0 aliphatic heterocycles. The standard InChI is InChI=1S/C25H27FN6O/c1-29-21-10-6-16(26)12-19(21)15-4-8-18(9-5-15)31(2)24-20(14-28)25(33)32(3)22-11-7-17(13-27)30-23(22)24/h6-7,10-12,15,18-19,21,29H,4-5,8-9H2,1-3H3. The molecule has 2 atom stereocenters. The van der Waals surface area contributed by atoms with E-state index in [1.807, 2.05) is 31.1 Å². The maximum atomic E-state index is 13.9. The predicted octanol–water partition coefficient (Wildman–Crippen LogP) is 3.30. The Bertz CT molecular complexity index is 1270. The third-order valence-electron chi connectivity index (χ3n) is 7.19. The lowest BCUT2D eigenvalue weighted by atomic mass is 9.73. The van der Waals surface area contributed by atoms with Crippen molar-refractivity contribution in [3.63, 3.8) is 0 Å². The highest BCUT2D eigenvalue weighted by molar-refractivity contribution is 5.92. The summed E-state index contributed by atoms with van der Waals surface area (Å²) in [6, 6.07) is 7.61. The van der Waals surface area contributed by atoms with Crippen molar-refractivity contribution >= 4 is 16.7 Å². The highest BCUT2D eigenvalue weighted by Gasteiger charge is 2.34. The monoisotopic (exact) mass is 446 g/mol. The van der Waals surface area contributed by atoms with E-state index in [2.05, 4.69) is 16.4 Å². The van der Waals surface area contributed by atoms with Crippen molar-refractivity contribution in [1.82, 2.24) is 14.9 Å². The number of hydrogen-bond acceptors (Lipinski definition) is 6. The second kappa shape index (κ2) is 9.17. The summed E-state index contributed by atoms with van der Waals surface area (Å²) in [5.74, 6) is 0.267. The average molecular weight is 447 g/mol. The lowest BCUT2D eigenvalue weighted by Gasteiger charge is -2.40. The molecule has 0 bridgehead atoms. The van der Waals surface area contributed by atoms with E-state index in [1.165, 1.54) is 10.6 Å². The average Bonchev–Trinajstić information content (AvgIpc) is 2.85. The lowest BCUT2D eigenvalue weighted by molar-refractivity contribution is 0.237. The van der Waals surface area contributed by atoms with Crippen LogP contribution < -0.4 is 15.8 Å². The van der Waals surface area contributed by atoms with Gasteiger partial charge in [-0.3, -0.25) is 4.79 Å². The molecule has 0 radical (unpaired) electrons. The van der Waals surface area contributed by atoms with Crippen molar-refractivity contribution in [3.05, 3.63) is 57.8 Å². The molecule has 7 nitrogen and oxygen atoms in total. The Morgan fingerprint density at radius 2 is 1.94 bits per heavy atom. The number of aromatic nitrogens is 2. The number of allylic oxidation sites excluding steroid dienone is 2. The quantitative estimate of drug-likeness (QED) is 0.774. The predicted molar refractivity (Wildman–Crippen MR) is 125 cm³/mol. The molecule has 2 aliphatic rings. The summed E-state index contributed by atoms with van der Waals surface area (Å²) < 4.78 is 15.3. The van der Waals surface area contributed by atoms with Crippen LogP contribution in [0.2, 0.25) is 0 Å². The fraction of sp³-hybridized carbons (Fsp3) is 0.440. The number of pyridine rings is 2. The number of fused-ring (bicyclic) bond motifs is 1. The first-order valence-corrected chi connectivity index (χ1v) is 11.2. The van der Waals surface area contributed by atoms with Crippen LogP contribution in [0.1, 0.15) is 36.9 Å². The fourth-order valence-corrected chi connectivity index (χ4v) is 5.34. The molecule has 8 heteroatoms. The smallest absolute Gasteiger partial charge is 0.270 e. The highest BCUT2D eigenvalue weighted by atomic mass is 19.1. The van der Waals surface area contributed by atoms with Gasteiger partial charge in [-0.25, -0.2) is 9.37 Å². The summed E-state index contributed by atoms with van der Waals surface area (Å²) in [5.41, 5.74) is 1.44. The van der Waals surface area contributed by atoms with Gasteiger partial charge in [0.2, 0.25) is 0 Å². The first-order valence-electron chi connectivity index (χ1n) is 11.2. The van der Waals surface area contributed by atoms with Crippen LogP contribution in [0.4, 0.5) is 10.1 Å². The van der Waals surface area contributed by atoms with Gasteiger partial charge < -0.3 is 14.8 Å². The molecule has 2 heterocycles. The van der Waals surface area contributed by atoms with Crippen molar-refractivity contribution in [1.29, 1.82) is 10.5 Å². The summed E-state index contributed by atoms with van der Waals surface area (Å²) in [6.45, 7) is 0. The Labute approximate surface area is 192 Å². The number of anilines is 1. The number of hydrogen-bond donors (Lipinski definition) is 1. The molecule has 170 valence electrons. The van der Waals surface area contributed by atoms with E-state index in [9.17, 15) is 19.7 Å². The minimum atomic E-state index is -0.376. The molecule has 2 aromatic rings. The van der Waals surface area contributed by atoms with Gasteiger partial charge in [-0.05, 0) is 62.9 Å². The van der Waals surface area contributed by atoms with E-state index in [0.29, 0.717) is 22.6 Å². The van der Waals surface area contributed by atoms with Crippen LogP contribution in [0.15, 0.2) is 41.0 Å². The number of likely N-dealkylation sites (N-methyl/N-ethyl adjacent to an activating group) is 1. The first-order chi connectivity index (χ1) is 15.9. The first kappa shape index (κ1) is 22.7. The van der Waals surface area contributed by atoms with Gasteiger partial charge in [-0.1, -0.05) is 6.08 Å². The number of rotatable bonds is 4. The molecule has 0 spiro atoms. The molecule has 1 fully saturated rings. The van der Waals surface area contributed by atoms with Gasteiger partial charge in [0.25, 0.3) is 5.56 Å². The van der Waals surface area contributed by atoms with Crippen LogP contribution in [0.5, 0.6) is 0 Å². The van der Waals surface area contributed by atoms with Crippen molar-refractivity contribution in [2.45, 2.75) is 37.8 Å². The second-order valence-electron chi connectivity index (χ2n) is 8.86. The Morgan fingerprint density at radius 3 is 2.58 bits per heavy atom. The van der Waals surface area contributed by atoms with Crippen molar-refractivity contribution < 1.29 is 4.39 Å². The zero-order chi connectivity index (χ0) is 23.7. The Kier molecular flexibility index (Phi) is 6.31. The molecule has 2 unspecified atom stereocenters. The summed E-state index contributed by atoms with van der Waals surface area (Å²) in [6.07, 6.45) is 8.67. The van der Waals surface area contributed by atoms with E-state index in [0.717, 1.165) is 25.7 Å². The summed E-state index contributed by atoms with van der Waals surface area (Å²) in [7, 11) is 5.39. The Morgan fingerprint density at radius 1 is 1.21 bits per heavy atom. The maximum absolute atomic E-state index is 13.9. The number of nitriles is 2. The largest absolute Gasteiger partial charge is 0.369 e. The van der Waals surface area contributed by atoms with E-state index in [-0.39, 0.29) is 40.6 Å². The van der Waals surface area contributed by atoms with Crippen molar-refractivity contribution in [2.24, 2.45) is 18.9 Å². The minimum absolute atomic E-state index is 0.0369. The zero-order valence-corrected chi connectivity index (χ0v) is 19.0. The molecule has 0 amide bonds. The number of aryl methyl sites for hydroxylation is 1. The topological polar surface area (TPSA) is 97.7 Å². The molecule has 1 saturated carbocycles. The van der Waals surface area contributed by atoms with Gasteiger partial charge in [-0.15, -0.1) is 0 Å². The van der Waals surface area contributed by atoms with Crippen LogP contribution in [0.3, 0.4) is 0 Å². The van der Waals surface area contributed by atoms with Crippen LogP contribution >= 0.6 is 0 Å². The highest BCUT2D eigenvalue weighted by Crippen LogP contribution is 2.39. The van der Waals surface area contributed by atoms with Gasteiger partial charge in [-0.2, -0.15) is 10.5 Å². The number of halogens is 1. The minimum Gasteiger partial charge on any atom is -0.369 e. The summed E-state index contributed by atoms with van der Waals surface area (Å²) in [4.78, 5) is 19.3. The molecular weight excluding hydrogens is 419 g/mol. The summed E-state index contributed by atoms with van der Waals surface area (Å²) in [5, 5.41) is 22.4. The Hall–Kier alpha value is -3.49. The molecule has 1 N–H and O–H groups in total. The van der Waals surface area contributed by atoms with E-state index < -0.39 is 0 Å². The third kappa shape index (κ3) is 4.03. The molecule has 0 aromatic carbocycles. The normalized spacial score (nSPS) is 24.7. The fourth-order valence-electron chi connectivity index (χ4n) is 5.34. The number of nitrogens with zero attached hydrogens (tertiary/aromatic N) is 5. The Balaban J connectivity index is 1.65. The van der Waals surface area contributed by atoms with Crippen molar-refractivity contribution in [3.8, 4) is 12.1 Å². The zero-order valence-electron chi connectivity index (χ0n) is 19.0. The number of nitrogens with one attached hydrogen (secondary N) is 1. The van der Waals surface area contributed by atoms with Gasteiger partial charge in [0.15, 0.2) is 0 Å². The van der Waals surface area contributed by atoms with Crippen LogP contribution in [0.25, 0.3) is 11.0 Å². The van der Waals surface area contributed by atoms with E-state index in [4.69, 9.17) is 0 Å².